The molecule has 0 atom stereocenters. The molecule has 0 amide bonds. The van der Waals surface area contributed by atoms with Gasteiger partial charge in [0.2, 0.25) is 0 Å². The molecule has 3 rings (SSSR count). The highest BCUT2D eigenvalue weighted by Gasteiger charge is 2.16. The Labute approximate surface area is 93.9 Å². The second-order valence-corrected chi connectivity index (χ2v) is 3.99. The van der Waals surface area contributed by atoms with Crippen molar-refractivity contribution in [3.05, 3.63) is 53.8 Å². The first-order valence-corrected chi connectivity index (χ1v) is 5.47. The van der Waals surface area contributed by atoms with Crippen LogP contribution in [0.5, 0.6) is 0 Å². The molecule has 0 unspecified atom stereocenters. The van der Waals surface area contributed by atoms with Crippen LogP contribution in [0.1, 0.15) is 5.56 Å². The molecule has 0 fully saturated rings. The van der Waals surface area contributed by atoms with Crippen LogP contribution in [0, 0.1) is 5.82 Å². The molecule has 0 saturated heterocycles. The molecular formula is C14H12FN. The van der Waals surface area contributed by atoms with Crippen LogP contribution in [0.25, 0.3) is 11.1 Å². The molecule has 1 N–H and O–H groups in total. The van der Waals surface area contributed by atoms with Crippen molar-refractivity contribution in [1.29, 1.82) is 0 Å². The Morgan fingerprint density at radius 1 is 0.938 bits per heavy atom. The van der Waals surface area contributed by atoms with E-state index in [1.54, 1.807) is 6.07 Å². The monoisotopic (exact) mass is 213 g/mol. The van der Waals surface area contributed by atoms with Crippen molar-refractivity contribution >= 4 is 5.69 Å². The zero-order chi connectivity index (χ0) is 11.0. The molecule has 0 saturated carbocycles. The van der Waals surface area contributed by atoms with E-state index >= 15 is 0 Å². The lowest BCUT2D eigenvalue weighted by Gasteiger charge is -2.08. The largest absolute Gasteiger partial charge is 0.384 e. The van der Waals surface area contributed by atoms with E-state index in [1.807, 2.05) is 30.3 Å². The Hall–Kier alpha value is -1.83. The second-order valence-electron chi connectivity index (χ2n) is 3.99. The average Bonchev–Trinajstić information content (AvgIpc) is 2.77. The maximum absolute atomic E-state index is 13.7. The van der Waals surface area contributed by atoms with E-state index < -0.39 is 0 Å². The summed E-state index contributed by atoms with van der Waals surface area (Å²) in [6.07, 6.45) is 0.972. The smallest absolute Gasteiger partial charge is 0.131 e. The quantitative estimate of drug-likeness (QED) is 0.765. The standard InChI is InChI=1S/C14H12FN/c15-13-6-2-1-4-11(13)10-5-3-7-14-12(10)8-9-16-14/h1-7,16H,8-9H2. The zero-order valence-electron chi connectivity index (χ0n) is 8.83. The lowest BCUT2D eigenvalue weighted by atomic mass is 9.97. The van der Waals surface area contributed by atoms with Gasteiger partial charge in [0.25, 0.3) is 0 Å². The van der Waals surface area contributed by atoms with E-state index in [1.165, 1.54) is 11.6 Å². The van der Waals surface area contributed by atoms with Crippen molar-refractivity contribution < 1.29 is 4.39 Å². The Morgan fingerprint density at radius 3 is 2.62 bits per heavy atom. The number of hydrogen-bond acceptors (Lipinski definition) is 1. The zero-order valence-corrected chi connectivity index (χ0v) is 8.83. The number of fused-ring (bicyclic) bond motifs is 1. The van der Waals surface area contributed by atoms with Crippen LogP contribution in [0.3, 0.4) is 0 Å². The van der Waals surface area contributed by atoms with Crippen molar-refractivity contribution in [3.63, 3.8) is 0 Å². The fourth-order valence-corrected chi connectivity index (χ4v) is 2.28. The molecule has 1 aliphatic rings. The first-order valence-electron chi connectivity index (χ1n) is 5.47. The van der Waals surface area contributed by atoms with Gasteiger partial charge in [0, 0.05) is 17.8 Å². The summed E-state index contributed by atoms with van der Waals surface area (Å²) >= 11 is 0. The fourth-order valence-electron chi connectivity index (χ4n) is 2.28. The summed E-state index contributed by atoms with van der Waals surface area (Å²) in [7, 11) is 0. The van der Waals surface area contributed by atoms with Crippen LogP contribution in [0.2, 0.25) is 0 Å². The summed E-state index contributed by atoms with van der Waals surface area (Å²) in [6.45, 7) is 0.945. The number of benzene rings is 2. The van der Waals surface area contributed by atoms with Crippen LogP contribution in [-0.2, 0) is 6.42 Å². The van der Waals surface area contributed by atoms with E-state index in [9.17, 15) is 4.39 Å². The molecule has 0 aromatic heterocycles. The predicted octanol–water partition coefficient (Wildman–Crippen LogP) is 3.46. The van der Waals surface area contributed by atoms with Gasteiger partial charge < -0.3 is 5.32 Å². The highest BCUT2D eigenvalue weighted by Crippen LogP contribution is 2.33. The third-order valence-electron chi connectivity index (χ3n) is 3.03. The summed E-state index contributed by atoms with van der Waals surface area (Å²) in [4.78, 5) is 0. The van der Waals surface area contributed by atoms with Gasteiger partial charge in [-0.3, -0.25) is 0 Å². The highest BCUT2D eigenvalue weighted by molar-refractivity contribution is 5.76. The van der Waals surface area contributed by atoms with Gasteiger partial charge in [-0.1, -0.05) is 30.3 Å². The number of halogens is 1. The lowest BCUT2D eigenvalue weighted by Crippen LogP contribution is -1.90. The molecule has 16 heavy (non-hydrogen) atoms. The maximum Gasteiger partial charge on any atom is 0.131 e. The van der Waals surface area contributed by atoms with Gasteiger partial charge in [-0.25, -0.2) is 4.39 Å². The summed E-state index contributed by atoms with van der Waals surface area (Å²) < 4.78 is 13.7. The maximum atomic E-state index is 13.7. The van der Waals surface area contributed by atoms with E-state index in [0.717, 1.165) is 24.2 Å². The number of rotatable bonds is 1. The minimum atomic E-state index is -0.150. The molecule has 2 heteroatoms. The minimum Gasteiger partial charge on any atom is -0.384 e. The molecule has 1 nitrogen and oxygen atoms in total. The summed E-state index contributed by atoms with van der Waals surface area (Å²) in [5.41, 5.74) is 4.08. The van der Waals surface area contributed by atoms with E-state index in [4.69, 9.17) is 0 Å². The van der Waals surface area contributed by atoms with Crippen LogP contribution in [0.15, 0.2) is 42.5 Å². The summed E-state index contributed by atoms with van der Waals surface area (Å²) in [5.74, 6) is -0.150. The van der Waals surface area contributed by atoms with Gasteiger partial charge in [0.05, 0.1) is 0 Å². The number of anilines is 1. The molecule has 80 valence electrons. The fraction of sp³-hybridized carbons (Fsp3) is 0.143. The van der Waals surface area contributed by atoms with Crippen molar-refractivity contribution in [2.75, 3.05) is 11.9 Å². The highest BCUT2D eigenvalue weighted by atomic mass is 19.1. The average molecular weight is 213 g/mol. The van der Waals surface area contributed by atoms with Gasteiger partial charge in [-0.15, -0.1) is 0 Å². The van der Waals surface area contributed by atoms with E-state index in [0.29, 0.717) is 5.56 Å². The number of nitrogens with one attached hydrogen (secondary N) is 1. The summed E-state index contributed by atoms with van der Waals surface area (Å²) in [5, 5.41) is 3.31. The van der Waals surface area contributed by atoms with Gasteiger partial charge >= 0.3 is 0 Å². The van der Waals surface area contributed by atoms with Crippen molar-refractivity contribution in [2.24, 2.45) is 0 Å². The molecular weight excluding hydrogens is 201 g/mol. The Kier molecular flexibility index (Phi) is 2.13. The Bertz CT molecular complexity index is 534. The molecule has 0 bridgehead atoms. The second kappa shape index (κ2) is 3.63. The summed E-state index contributed by atoms with van der Waals surface area (Å²) in [6, 6.07) is 13.0. The SMILES string of the molecule is Fc1ccccc1-c1cccc2c1CCN2. The number of hydrogen-bond donors (Lipinski definition) is 1. The molecule has 0 spiro atoms. The predicted molar refractivity (Wildman–Crippen MR) is 64.0 cm³/mol. The van der Waals surface area contributed by atoms with Crippen molar-refractivity contribution in [1.82, 2.24) is 0 Å². The van der Waals surface area contributed by atoms with E-state index in [2.05, 4.69) is 5.32 Å². The first-order chi connectivity index (χ1) is 7.86. The topological polar surface area (TPSA) is 12.0 Å². The normalized spacial score (nSPS) is 13.3. The molecule has 0 aliphatic carbocycles. The van der Waals surface area contributed by atoms with Gasteiger partial charge in [-0.05, 0) is 29.7 Å². The van der Waals surface area contributed by atoms with Crippen molar-refractivity contribution in [3.8, 4) is 11.1 Å². The molecule has 1 heterocycles. The lowest BCUT2D eigenvalue weighted by molar-refractivity contribution is 0.631. The van der Waals surface area contributed by atoms with Gasteiger partial charge in [0.15, 0.2) is 0 Å². The Balaban J connectivity index is 2.21. The van der Waals surface area contributed by atoms with Crippen LogP contribution in [0.4, 0.5) is 10.1 Å². The van der Waals surface area contributed by atoms with E-state index in [-0.39, 0.29) is 5.82 Å². The van der Waals surface area contributed by atoms with Gasteiger partial charge in [0.1, 0.15) is 5.82 Å². The third-order valence-corrected chi connectivity index (χ3v) is 3.03. The third kappa shape index (κ3) is 1.38. The molecule has 1 aliphatic heterocycles. The minimum absolute atomic E-state index is 0.150. The van der Waals surface area contributed by atoms with Gasteiger partial charge in [-0.2, -0.15) is 0 Å². The van der Waals surface area contributed by atoms with Crippen LogP contribution < -0.4 is 5.32 Å². The molecule has 0 radical (unpaired) electrons. The van der Waals surface area contributed by atoms with Crippen LogP contribution in [-0.4, -0.2) is 6.54 Å². The van der Waals surface area contributed by atoms with Crippen molar-refractivity contribution in [2.45, 2.75) is 6.42 Å². The molecule has 2 aromatic rings. The molecule has 2 aromatic carbocycles. The Morgan fingerprint density at radius 2 is 1.75 bits per heavy atom. The first kappa shape index (κ1) is 9.40. The van der Waals surface area contributed by atoms with Crippen LogP contribution >= 0.6 is 0 Å².